The first-order valence-corrected chi connectivity index (χ1v) is 6.74. The quantitative estimate of drug-likeness (QED) is 0.877. The number of aryl methyl sites for hydroxylation is 1. The third-order valence-corrected chi connectivity index (χ3v) is 3.20. The van der Waals surface area contributed by atoms with Crippen LogP contribution < -0.4 is 5.32 Å². The Hall–Kier alpha value is -2.13. The van der Waals surface area contributed by atoms with E-state index < -0.39 is 6.10 Å². The number of hydrogen-bond donors (Lipinski definition) is 2. The molecule has 0 aromatic heterocycles. The van der Waals surface area contributed by atoms with Gasteiger partial charge < -0.3 is 10.4 Å². The number of aliphatic hydroxyl groups excluding tert-OH is 1. The molecule has 0 aliphatic rings. The lowest BCUT2D eigenvalue weighted by molar-refractivity contribution is 0.0942. The molecule has 0 saturated carbocycles. The zero-order chi connectivity index (χ0) is 14.4. The maximum Gasteiger partial charge on any atom is 0.251 e. The fraction of sp³-hybridized carbons (Fsp3) is 0.235. The lowest BCUT2D eigenvalue weighted by atomic mass is 10.1. The topological polar surface area (TPSA) is 49.3 Å². The van der Waals surface area contributed by atoms with Crippen LogP contribution in [0.2, 0.25) is 0 Å². The molecule has 2 aromatic rings. The van der Waals surface area contributed by atoms with Crippen LogP contribution in [0.25, 0.3) is 0 Å². The highest BCUT2D eigenvalue weighted by Crippen LogP contribution is 2.15. The second kappa shape index (κ2) is 6.87. The Bertz CT molecular complexity index is 549. The van der Waals surface area contributed by atoms with Gasteiger partial charge in [-0.3, -0.25) is 4.79 Å². The molecule has 0 radical (unpaired) electrons. The van der Waals surface area contributed by atoms with Crippen LogP contribution in [0.1, 0.15) is 34.0 Å². The molecule has 1 atom stereocenters. The molecular formula is C17H19NO2. The van der Waals surface area contributed by atoms with E-state index in [2.05, 4.69) is 5.32 Å². The molecule has 3 nitrogen and oxygen atoms in total. The van der Waals surface area contributed by atoms with E-state index in [1.807, 2.05) is 49.4 Å². The van der Waals surface area contributed by atoms with E-state index in [-0.39, 0.29) is 5.91 Å². The lowest BCUT2D eigenvalue weighted by Gasteiger charge is -2.11. The zero-order valence-corrected chi connectivity index (χ0v) is 11.5. The number of nitrogens with one attached hydrogen (secondary N) is 1. The van der Waals surface area contributed by atoms with Crippen molar-refractivity contribution < 1.29 is 9.90 Å². The minimum Gasteiger partial charge on any atom is -0.388 e. The molecule has 1 unspecified atom stereocenters. The highest BCUT2D eigenvalue weighted by atomic mass is 16.3. The summed E-state index contributed by atoms with van der Waals surface area (Å²) in [7, 11) is 0. The van der Waals surface area contributed by atoms with E-state index in [0.717, 1.165) is 11.1 Å². The monoisotopic (exact) mass is 269 g/mol. The van der Waals surface area contributed by atoms with E-state index in [0.29, 0.717) is 18.5 Å². The summed E-state index contributed by atoms with van der Waals surface area (Å²) in [5, 5.41) is 12.8. The van der Waals surface area contributed by atoms with Gasteiger partial charge in [-0.05, 0) is 31.0 Å². The van der Waals surface area contributed by atoms with E-state index in [4.69, 9.17) is 0 Å². The molecule has 2 N–H and O–H groups in total. The summed E-state index contributed by atoms with van der Waals surface area (Å²) in [4.78, 5) is 11.9. The Kier molecular flexibility index (Phi) is 4.91. The Morgan fingerprint density at radius 1 is 1.10 bits per heavy atom. The number of benzene rings is 2. The van der Waals surface area contributed by atoms with Crippen molar-refractivity contribution in [3.63, 3.8) is 0 Å². The van der Waals surface area contributed by atoms with Crippen molar-refractivity contribution >= 4 is 5.91 Å². The second-order valence-corrected chi connectivity index (χ2v) is 4.84. The Morgan fingerprint density at radius 2 is 1.75 bits per heavy atom. The molecule has 0 fully saturated rings. The van der Waals surface area contributed by atoms with Crippen LogP contribution in [-0.2, 0) is 0 Å². The smallest absolute Gasteiger partial charge is 0.251 e. The molecule has 2 aromatic carbocycles. The van der Waals surface area contributed by atoms with Gasteiger partial charge in [-0.15, -0.1) is 0 Å². The van der Waals surface area contributed by atoms with Crippen molar-refractivity contribution in [2.75, 3.05) is 6.54 Å². The summed E-state index contributed by atoms with van der Waals surface area (Å²) in [6, 6.07) is 16.9. The van der Waals surface area contributed by atoms with Gasteiger partial charge in [0.1, 0.15) is 0 Å². The van der Waals surface area contributed by atoms with E-state index in [1.54, 1.807) is 12.1 Å². The highest BCUT2D eigenvalue weighted by Gasteiger charge is 2.08. The zero-order valence-electron chi connectivity index (χ0n) is 11.5. The maximum atomic E-state index is 11.9. The highest BCUT2D eigenvalue weighted by molar-refractivity contribution is 5.94. The van der Waals surface area contributed by atoms with E-state index >= 15 is 0 Å². The van der Waals surface area contributed by atoms with Crippen molar-refractivity contribution in [1.82, 2.24) is 5.32 Å². The molecule has 0 bridgehead atoms. The summed E-state index contributed by atoms with van der Waals surface area (Å²) in [6.45, 7) is 2.43. The second-order valence-electron chi connectivity index (χ2n) is 4.84. The van der Waals surface area contributed by atoms with Crippen molar-refractivity contribution in [2.24, 2.45) is 0 Å². The standard InChI is InChI=1S/C17H19NO2/c1-13-7-9-15(10-8-13)17(20)18-12-11-16(19)14-5-3-2-4-6-14/h2-10,16,19H,11-12H2,1H3,(H,18,20). The predicted octanol–water partition coefficient (Wildman–Crippen LogP) is 2.85. The number of carbonyl (C=O) groups is 1. The van der Waals surface area contributed by atoms with Crippen LogP contribution in [0.3, 0.4) is 0 Å². The Balaban J connectivity index is 1.81. The fourth-order valence-corrected chi connectivity index (χ4v) is 1.97. The summed E-state index contributed by atoms with van der Waals surface area (Å²) >= 11 is 0. The van der Waals surface area contributed by atoms with Crippen LogP contribution in [0.15, 0.2) is 54.6 Å². The summed E-state index contributed by atoms with van der Waals surface area (Å²) in [5.41, 5.74) is 2.64. The van der Waals surface area contributed by atoms with Gasteiger partial charge in [0, 0.05) is 12.1 Å². The molecule has 3 heteroatoms. The lowest BCUT2D eigenvalue weighted by Crippen LogP contribution is -2.25. The predicted molar refractivity (Wildman–Crippen MR) is 79.5 cm³/mol. The van der Waals surface area contributed by atoms with Crippen molar-refractivity contribution in [3.8, 4) is 0 Å². The molecule has 1 amide bonds. The molecule has 0 aliphatic heterocycles. The molecular weight excluding hydrogens is 250 g/mol. The average Bonchev–Trinajstić information content (AvgIpc) is 2.48. The fourth-order valence-electron chi connectivity index (χ4n) is 1.97. The number of aliphatic hydroxyl groups is 1. The van der Waals surface area contributed by atoms with Gasteiger partial charge in [0.2, 0.25) is 0 Å². The minimum atomic E-state index is -0.547. The first-order chi connectivity index (χ1) is 9.66. The first-order valence-electron chi connectivity index (χ1n) is 6.74. The Labute approximate surface area is 119 Å². The van der Waals surface area contributed by atoms with E-state index in [9.17, 15) is 9.90 Å². The number of rotatable bonds is 5. The van der Waals surface area contributed by atoms with Crippen molar-refractivity contribution in [2.45, 2.75) is 19.4 Å². The molecule has 0 saturated heterocycles. The van der Waals surface area contributed by atoms with E-state index in [1.165, 1.54) is 0 Å². The van der Waals surface area contributed by atoms with Gasteiger partial charge in [-0.1, -0.05) is 48.0 Å². The van der Waals surface area contributed by atoms with Crippen LogP contribution in [0.5, 0.6) is 0 Å². The molecule has 104 valence electrons. The van der Waals surface area contributed by atoms with Crippen LogP contribution in [-0.4, -0.2) is 17.6 Å². The number of hydrogen-bond acceptors (Lipinski definition) is 2. The van der Waals surface area contributed by atoms with Gasteiger partial charge in [0.25, 0.3) is 5.91 Å². The maximum absolute atomic E-state index is 11.9. The van der Waals surface area contributed by atoms with Crippen LogP contribution in [0, 0.1) is 6.92 Å². The number of amides is 1. The summed E-state index contributed by atoms with van der Waals surface area (Å²) < 4.78 is 0. The SMILES string of the molecule is Cc1ccc(C(=O)NCCC(O)c2ccccc2)cc1. The van der Waals surface area contributed by atoms with Gasteiger partial charge >= 0.3 is 0 Å². The Morgan fingerprint density at radius 3 is 2.40 bits per heavy atom. The molecule has 0 aliphatic carbocycles. The summed E-state index contributed by atoms with van der Waals surface area (Å²) in [5.74, 6) is -0.106. The minimum absolute atomic E-state index is 0.106. The van der Waals surface area contributed by atoms with Gasteiger partial charge in [-0.25, -0.2) is 0 Å². The first kappa shape index (κ1) is 14.3. The van der Waals surface area contributed by atoms with Crippen LogP contribution in [0.4, 0.5) is 0 Å². The third kappa shape index (κ3) is 3.93. The van der Waals surface area contributed by atoms with Crippen molar-refractivity contribution in [3.05, 3.63) is 71.3 Å². The largest absolute Gasteiger partial charge is 0.388 e. The average molecular weight is 269 g/mol. The molecule has 20 heavy (non-hydrogen) atoms. The summed E-state index contributed by atoms with van der Waals surface area (Å²) in [6.07, 6.45) is -0.0451. The third-order valence-electron chi connectivity index (χ3n) is 3.20. The van der Waals surface area contributed by atoms with Gasteiger partial charge in [0.05, 0.1) is 6.10 Å². The van der Waals surface area contributed by atoms with Gasteiger partial charge in [0.15, 0.2) is 0 Å². The van der Waals surface area contributed by atoms with Crippen molar-refractivity contribution in [1.29, 1.82) is 0 Å². The normalized spacial score (nSPS) is 11.9. The van der Waals surface area contributed by atoms with Gasteiger partial charge in [-0.2, -0.15) is 0 Å². The molecule has 0 spiro atoms. The number of carbonyl (C=O) groups excluding carboxylic acids is 1. The van der Waals surface area contributed by atoms with Crippen LogP contribution >= 0.6 is 0 Å². The molecule has 2 rings (SSSR count). The molecule has 0 heterocycles.